The minimum atomic E-state index is -0.350. The smallest absolute Gasteiger partial charge is 0.356 e. The molecule has 0 spiro atoms. The summed E-state index contributed by atoms with van der Waals surface area (Å²) in [4.78, 5) is 16.3. The zero-order chi connectivity index (χ0) is 14.8. The summed E-state index contributed by atoms with van der Waals surface area (Å²) in [7, 11) is 0. The van der Waals surface area contributed by atoms with E-state index in [-0.39, 0.29) is 5.97 Å². The fourth-order valence-corrected chi connectivity index (χ4v) is 2.47. The number of carbonyl (C=O) groups is 1. The monoisotopic (exact) mass is 280 g/mol. The van der Waals surface area contributed by atoms with Crippen molar-refractivity contribution in [1.29, 1.82) is 0 Å². The van der Waals surface area contributed by atoms with Crippen molar-refractivity contribution >= 4 is 11.6 Å². The van der Waals surface area contributed by atoms with E-state index in [1.807, 2.05) is 37.4 Å². The number of ether oxygens (including phenoxy) is 1. The third-order valence-corrected chi connectivity index (χ3v) is 3.50. The molecule has 4 nitrogen and oxygen atoms in total. The van der Waals surface area contributed by atoms with Crippen molar-refractivity contribution in [1.82, 2.24) is 9.38 Å². The Hall–Kier alpha value is -2.62. The molecule has 0 aliphatic heterocycles. The fraction of sp³-hybridized carbons (Fsp3) is 0.176. The van der Waals surface area contributed by atoms with Crippen LogP contribution in [0.2, 0.25) is 0 Å². The first-order valence-electron chi connectivity index (χ1n) is 6.91. The second-order valence-electron chi connectivity index (χ2n) is 4.78. The highest BCUT2D eigenvalue weighted by atomic mass is 16.5. The molecule has 3 rings (SSSR count). The lowest BCUT2D eigenvalue weighted by molar-refractivity contribution is 0.0518. The lowest BCUT2D eigenvalue weighted by Crippen LogP contribution is -2.08. The molecule has 2 aromatic heterocycles. The molecule has 2 heterocycles. The van der Waals surface area contributed by atoms with Gasteiger partial charge in [-0.05, 0) is 31.0 Å². The number of benzene rings is 1. The summed E-state index contributed by atoms with van der Waals surface area (Å²) < 4.78 is 6.83. The van der Waals surface area contributed by atoms with Gasteiger partial charge in [0, 0.05) is 11.8 Å². The van der Waals surface area contributed by atoms with Crippen molar-refractivity contribution in [2.75, 3.05) is 6.61 Å². The molecule has 0 N–H and O–H groups in total. The van der Waals surface area contributed by atoms with E-state index in [1.165, 1.54) is 0 Å². The summed E-state index contributed by atoms with van der Waals surface area (Å²) in [6, 6.07) is 12.1. The molecule has 0 saturated carbocycles. The molecular formula is C17H16N2O2. The lowest BCUT2D eigenvalue weighted by Gasteiger charge is -2.08. The number of nitrogens with zero attached hydrogens (tertiary/aromatic N) is 2. The number of carbonyl (C=O) groups excluding carboxylic acids is 1. The van der Waals surface area contributed by atoms with Gasteiger partial charge in [0.2, 0.25) is 0 Å². The van der Waals surface area contributed by atoms with Crippen LogP contribution in [0.3, 0.4) is 0 Å². The molecule has 3 aromatic rings. The summed E-state index contributed by atoms with van der Waals surface area (Å²) in [6.07, 6.45) is 3.43. The number of aromatic nitrogens is 2. The first-order valence-corrected chi connectivity index (χ1v) is 6.91. The van der Waals surface area contributed by atoms with Crippen molar-refractivity contribution in [3.8, 4) is 11.1 Å². The number of esters is 1. The largest absolute Gasteiger partial charge is 0.461 e. The Kier molecular flexibility index (Phi) is 3.44. The zero-order valence-electron chi connectivity index (χ0n) is 12.0. The van der Waals surface area contributed by atoms with E-state index in [0.717, 1.165) is 22.3 Å². The fourth-order valence-electron chi connectivity index (χ4n) is 2.47. The quantitative estimate of drug-likeness (QED) is 0.690. The molecule has 0 amide bonds. The number of fused-ring (bicyclic) bond motifs is 1. The van der Waals surface area contributed by atoms with Crippen LogP contribution >= 0.6 is 0 Å². The number of hydrogen-bond donors (Lipinski definition) is 0. The molecule has 0 radical (unpaired) electrons. The molecule has 0 saturated heterocycles. The van der Waals surface area contributed by atoms with E-state index in [2.05, 4.69) is 17.1 Å². The van der Waals surface area contributed by atoms with Crippen molar-refractivity contribution in [2.45, 2.75) is 13.8 Å². The molecule has 0 bridgehead atoms. The Morgan fingerprint density at radius 3 is 2.71 bits per heavy atom. The Morgan fingerprint density at radius 2 is 2.00 bits per heavy atom. The van der Waals surface area contributed by atoms with E-state index >= 15 is 0 Å². The van der Waals surface area contributed by atoms with E-state index in [0.29, 0.717) is 12.3 Å². The Labute approximate surface area is 123 Å². The van der Waals surface area contributed by atoms with Crippen LogP contribution in [-0.4, -0.2) is 22.0 Å². The van der Waals surface area contributed by atoms with Gasteiger partial charge in [-0.3, -0.25) is 4.40 Å². The molecule has 0 unspecified atom stereocenters. The third-order valence-electron chi connectivity index (χ3n) is 3.50. The van der Waals surface area contributed by atoms with Crippen LogP contribution in [0.25, 0.3) is 16.8 Å². The van der Waals surface area contributed by atoms with E-state index in [1.54, 1.807) is 17.5 Å². The van der Waals surface area contributed by atoms with Crippen LogP contribution in [0.1, 0.15) is 23.0 Å². The van der Waals surface area contributed by atoms with Crippen LogP contribution in [-0.2, 0) is 4.74 Å². The van der Waals surface area contributed by atoms with Crippen LogP contribution in [0.5, 0.6) is 0 Å². The minimum absolute atomic E-state index is 0.350. The van der Waals surface area contributed by atoms with Gasteiger partial charge in [0.1, 0.15) is 5.65 Å². The standard InChI is InChI=1S/C17H16N2O2/c1-3-21-17(20)15-11-18-16-12(2)14(9-10-19(15)16)13-7-5-4-6-8-13/h4-11H,3H2,1-2H3. The summed E-state index contributed by atoms with van der Waals surface area (Å²) in [5, 5.41) is 0. The molecule has 1 aromatic carbocycles. The van der Waals surface area contributed by atoms with Crippen LogP contribution in [0.15, 0.2) is 48.8 Å². The van der Waals surface area contributed by atoms with Crippen molar-refractivity contribution in [3.63, 3.8) is 0 Å². The van der Waals surface area contributed by atoms with Gasteiger partial charge in [0.05, 0.1) is 12.8 Å². The van der Waals surface area contributed by atoms with Crippen molar-refractivity contribution < 1.29 is 9.53 Å². The Bertz CT molecular complexity index is 791. The minimum Gasteiger partial charge on any atom is -0.461 e. The predicted octanol–water partition coefficient (Wildman–Crippen LogP) is 3.49. The third kappa shape index (κ3) is 2.29. The highest BCUT2D eigenvalue weighted by Gasteiger charge is 2.15. The van der Waals surface area contributed by atoms with Gasteiger partial charge < -0.3 is 4.74 Å². The summed E-state index contributed by atoms with van der Waals surface area (Å²) in [5.74, 6) is -0.350. The summed E-state index contributed by atoms with van der Waals surface area (Å²) in [5.41, 5.74) is 4.52. The second kappa shape index (κ2) is 5.40. The maximum Gasteiger partial charge on any atom is 0.356 e. The molecular weight excluding hydrogens is 264 g/mol. The predicted molar refractivity (Wildman–Crippen MR) is 81.3 cm³/mol. The van der Waals surface area contributed by atoms with Gasteiger partial charge in [0.15, 0.2) is 5.69 Å². The maximum atomic E-state index is 11.9. The van der Waals surface area contributed by atoms with Gasteiger partial charge in [0.25, 0.3) is 0 Å². The second-order valence-corrected chi connectivity index (χ2v) is 4.78. The van der Waals surface area contributed by atoms with E-state index < -0.39 is 0 Å². The first-order chi connectivity index (χ1) is 10.2. The molecule has 106 valence electrons. The van der Waals surface area contributed by atoms with Gasteiger partial charge in [-0.1, -0.05) is 30.3 Å². The van der Waals surface area contributed by atoms with Crippen molar-refractivity contribution in [3.05, 3.63) is 60.0 Å². The average molecular weight is 280 g/mol. The molecule has 0 atom stereocenters. The molecule has 21 heavy (non-hydrogen) atoms. The van der Waals surface area contributed by atoms with Crippen LogP contribution in [0.4, 0.5) is 0 Å². The van der Waals surface area contributed by atoms with Crippen molar-refractivity contribution in [2.24, 2.45) is 0 Å². The number of aryl methyl sites for hydroxylation is 1. The topological polar surface area (TPSA) is 43.6 Å². The number of hydrogen-bond acceptors (Lipinski definition) is 3. The number of imidazole rings is 1. The summed E-state index contributed by atoms with van der Waals surface area (Å²) in [6.45, 7) is 4.16. The first kappa shape index (κ1) is 13.4. The van der Waals surface area contributed by atoms with E-state index in [4.69, 9.17) is 4.74 Å². The highest BCUT2D eigenvalue weighted by molar-refractivity contribution is 5.89. The molecule has 4 heteroatoms. The van der Waals surface area contributed by atoms with Crippen LogP contribution < -0.4 is 0 Å². The Morgan fingerprint density at radius 1 is 1.24 bits per heavy atom. The molecule has 0 fully saturated rings. The van der Waals surface area contributed by atoms with Gasteiger partial charge in [-0.15, -0.1) is 0 Å². The zero-order valence-corrected chi connectivity index (χ0v) is 12.0. The highest BCUT2D eigenvalue weighted by Crippen LogP contribution is 2.26. The average Bonchev–Trinajstić information content (AvgIpc) is 2.94. The summed E-state index contributed by atoms with van der Waals surface area (Å²) >= 11 is 0. The van der Waals surface area contributed by atoms with Crippen LogP contribution in [0, 0.1) is 6.92 Å². The van der Waals surface area contributed by atoms with Gasteiger partial charge >= 0.3 is 5.97 Å². The molecule has 0 aliphatic rings. The Balaban J connectivity index is 2.13. The molecule has 0 aliphatic carbocycles. The number of rotatable bonds is 3. The SMILES string of the molecule is CCOC(=O)c1cnc2c(C)c(-c3ccccc3)ccn12. The normalized spacial score (nSPS) is 10.8. The van der Waals surface area contributed by atoms with Gasteiger partial charge in [-0.25, -0.2) is 9.78 Å². The van der Waals surface area contributed by atoms with E-state index in [9.17, 15) is 4.79 Å². The maximum absolute atomic E-state index is 11.9. The lowest BCUT2D eigenvalue weighted by atomic mass is 10.0. The van der Waals surface area contributed by atoms with Gasteiger partial charge in [-0.2, -0.15) is 0 Å². The number of pyridine rings is 1.